The molecule has 2 rings (SSSR count). The third kappa shape index (κ3) is 6.61. The van der Waals surface area contributed by atoms with Crippen molar-refractivity contribution in [2.24, 2.45) is 0 Å². The van der Waals surface area contributed by atoms with Gasteiger partial charge < -0.3 is 24.9 Å². The van der Waals surface area contributed by atoms with Gasteiger partial charge in [0.25, 0.3) is 0 Å². The molecule has 1 aromatic carbocycles. The molecular weight excluding hydrogens is 352 g/mol. The number of amides is 1. The Kier molecular flexibility index (Phi) is 6.38. The summed E-state index contributed by atoms with van der Waals surface area (Å²) in [5.41, 5.74) is 0.276. The predicted molar refractivity (Wildman–Crippen MR) is 96.5 cm³/mol. The fraction of sp³-hybridized carbons (Fsp3) is 0.444. The first-order valence-corrected chi connectivity index (χ1v) is 8.42. The fourth-order valence-electron chi connectivity index (χ4n) is 2.35. The van der Waals surface area contributed by atoms with Gasteiger partial charge in [-0.3, -0.25) is 4.79 Å². The number of carbonyl (C=O) groups is 2. The standard InChI is InChI=1S/C18H24N4O5/c1-18(2,3)27-17(25)19-13(9-11-5-7-12(26-4)8-6-11)16-20-14(21-22-16)10-15(23)24/h5-8,13H,9-10H2,1-4H3,(H,19,25)(H,23,24)(H,20,21,22)/t13-/m0/s1. The summed E-state index contributed by atoms with van der Waals surface area (Å²) in [5.74, 6) is 0.263. The molecule has 1 amide bonds. The summed E-state index contributed by atoms with van der Waals surface area (Å²) in [6.07, 6.45) is -0.475. The second-order valence-corrected chi connectivity index (χ2v) is 6.98. The molecule has 0 radical (unpaired) electrons. The van der Waals surface area contributed by atoms with Gasteiger partial charge in [-0.1, -0.05) is 12.1 Å². The molecule has 0 saturated carbocycles. The van der Waals surface area contributed by atoms with Gasteiger partial charge in [-0.2, -0.15) is 0 Å². The number of alkyl carbamates (subject to hydrolysis) is 1. The van der Waals surface area contributed by atoms with Crippen LogP contribution in [0.4, 0.5) is 4.79 Å². The quantitative estimate of drug-likeness (QED) is 0.676. The van der Waals surface area contributed by atoms with E-state index >= 15 is 0 Å². The molecule has 3 N–H and O–H groups in total. The molecule has 0 fully saturated rings. The lowest BCUT2D eigenvalue weighted by Crippen LogP contribution is -2.36. The predicted octanol–water partition coefficient (Wildman–Crippen LogP) is 2.25. The second-order valence-electron chi connectivity index (χ2n) is 6.98. The van der Waals surface area contributed by atoms with E-state index in [1.807, 2.05) is 24.3 Å². The minimum absolute atomic E-state index is 0.211. The first kappa shape index (κ1) is 20.2. The van der Waals surface area contributed by atoms with E-state index in [-0.39, 0.29) is 12.2 Å². The molecule has 1 aromatic heterocycles. The molecule has 0 aliphatic heterocycles. The van der Waals surface area contributed by atoms with Gasteiger partial charge in [0.05, 0.1) is 13.2 Å². The Morgan fingerprint density at radius 3 is 2.44 bits per heavy atom. The molecule has 146 valence electrons. The van der Waals surface area contributed by atoms with Crippen molar-refractivity contribution in [3.63, 3.8) is 0 Å². The van der Waals surface area contributed by atoms with E-state index in [9.17, 15) is 9.59 Å². The second kappa shape index (κ2) is 8.52. The summed E-state index contributed by atoms with van der Waals surface area (Å²) in [6.45, 7) is 5.30. The van der Waals surface area contributed by atoms with E-state index in [4.69, 9.17) is 14.6 Å². The van der Waals surface area contributed by atoms with Crippen molar-refractivity contribution in [1.29, 1.82) is 0 Å². The Bertz CT molecular complexity index is 780. The molecule has 0 aliphatic carbocycles. The normalized spacial score (nSPS) is 12.3. The maximum Gasteiger partial charge on any atom is 0.408 e. The first-order valence-electron chi connectivity index (χ1n) is 8.42. The van der Waals surface area contributed by atoms with Gasteiger partial charge in [0.15, 0.2) is 5.82 Å². The number of rotatable bonds is 7. The lowest BCUT2D eigenvalue weighted by atomic mass is 10.1. The maximum atomic E-state index is 12.2. The summed E-state index contributed by atoms with van der Waals surface area (Å²) in [7, 11) is 1.58. The average Bonchev–Trinajstić information content (AvgIpc) is 3.01. The van der Waals surface area contributed by atoms with Crippen molar-refractivity contribution >= 4 is 12.1 Å². The number of aromatic nitrogens is 3. The van der Waals surface area contributed by atoms with Crippen LogP contribution in [0.25, 0.3) is 0 Å². The Morgan fingerprint density at radius 1 is 1.22 bits per heavy atom. The highest BCUT2D eigenvalue weighted by molar-refractivity contribution is 5.69. The van der Waals surface area contributed by atoms with Crippen LogP contribution in [0.15, 0.2) is 24.3 Å². The van der Waals surface area contributed by atoms with Crippen molar-refractivity contribution in [3.8, 4) is 5.75 Å². The number of carboxylic acid groups (broad SMARTS) is 1. The number of carbonyl (C=O) groups excluding carboxylic acids is 1. The zero-order valence-corrected chi connectivity index (χ0v) is 15.8. The van der Waals surface area contributed by atoms with E-state index in [2.05, 4.69) is 20.5 Å². The Hall–Kier alpha value is -3.10. The van der Waals surface area contributed by atoms with E-state index in [0.29, 0.717) is 12.2 Å². The smallest absolute Gasteiger partial charge is 0.408 e. The maximum absolute atomic E-state index is 12.2. The number of methoxy groups -OCH3 is 1. The summed E-state index contributed by atoms with van der Waals surface area (Å²) < 4.78 is 10.5. The molecular formula is C18H24N4O5. The molecule has 0 aliphatic rings. The highest BCUT2D eigenvalue weighted by Crippen LogP contribution is 2.19. The van der Waals surface area contributed by atoms with Crippen molar-refractivity contribution < 1.29 is 24.2 Å². The largest absolute Gasteiger partial charge is 0.497 e. The molecule has 0 unspecified atom stereocenters. The lowest BCUT2D eigenvalue weighted by Gasteiger charge is -2.22. The van der Waals surface area contributed by atoms with Crippen molar-refractivity contribution in [1.82, 2.24) is 20.5 Å². The summed E-state index contributed by atoms with van der Waals surface area (Å²) in [6, 6.07) is 6.81. The topological polar surface area (TPSA) is 126 Å². The van der Waals surface area contributed by atoms with Crippen LogP contribution in [0.2, 0.25) is 0 Å². The molecule has 0 spiro atoms. The van der Waals surface area contributed by atoms with Crippen LogP contribution >= 0.6 is 0 Å². The van der Waals surface area contributed by atoms with Crippen LogP contribution in [0, 0.1) is 0 Å². The van der Waals surface area contributed by atoms with Crippen LogP contribution in [-0.2, 0) is 22.4 Å². The number of aliphatic carboxylic acids is 1. The van der Waals surface area contributed by atoms with Gasteiger partial charge in [0.1, 0.15) is 23.6 Å². The molecule has 9 heteroatoms. The SMILES string of the molecule is COc1ccc(C[C@H](NC(=O)OC(C)(C)C)c2nnc(CC(=O)O)[nH]2)cc1. The van der Waals surface area contributed by atoms with E-state index in [1.165, 1.54) is 0 Å². The van der Waals surface area contributed by atoms with Gasteiger partial charge in [-0.05, 0) is 38.5 Å². The number of hydrogen-bond acceptors (Lipinski definition) is 6. The average molecular weight is 376 g/mol. The zero-order chi connectivity index (χ0) is 20.0. The number of nitrogens with zero attached hydrogens (tertiary/aromatic N) is 2. The summed E-state index contributed by atoms with van der Waals surface area (Å²) in [4.78, 5) is 25.9. The monoisotopic (exact) mass is 376 g/mol. The number of aromatic amines is 1. The Labute approximate surface area is 157 Å². The van der Waals surface area contributed by atoms with Gasteiger partial charge in [-0.15, -0.1) is 10.2 Å². The van der Waals surface area contributed by atoms with Crippen LogP contribution in [0.3, 0.4) is 0 Å². The third-order valence-electron chi connectivity index (χ3n) is 3.49. The zero-order valence-electron chi connectivity index (χ0n) is 15.8. The number of hydrogen-bond donors (Lipinski definition) is 3. The fourth-order valence-corrected chi connectivity index (χ4v) is 2.35. The minimum Gasteiger partial charge on any atom is -0.497 e. The van der Waals surface area contributed by atoms with E-state index in [0.717, 1.165) is 11.3 Å². The highest BCUT2D eigenvalue weighted by atomic mass is 16.6. The van der Waals surface area contributed by atoms with Gasteiger partial charge in [0.2, 0.25) is 0 Å². The first-order chi connectivity index (χ1) is 12.7. The molecule has 1 atom stereocenters. The van der Waals surface area contributed by atoms with E-state index < -0.39 is 23.7 Å². The van der Waals surface area contributed by atoms with Crippen LogP contribution < -0.4 is 10.1 Å². The summed E-state index contributed by atoms with van der Waals surface area (Å²) in [5, 5.41) is 19.5. The number of benzene rings is 1. The van der Waals surface area contributed by atoms with E-state index in [1.54, 1.807) is 27.9 Å². The number of H-pyrrole nitrogens is 1. The highest BCUT2D eigenvalue weighted by Gasteiger charge is 2.23. The molecule has 27 heavy (non-hydrogen) atoms. The summed E-state index contributed by atoms with van der Waals surface area (Å²) >= 11 is 0. The van der Waals surface area contributed by atoms with Gasteiger partial charge >= 0.3 is 12.1 Å². The molecule has 2 aromatic rings. The van der Waals surface area contributed by atoms with Crippen molar-refractivity contribution in [2.45, 2.75) is 45.3 Å². The van der Waals surface area contributed by atoms with Crippen molar-refractivity contribution in [3.05, 3.63) is 41.5 Å². The third-order valence-corrected chi connectivity index (χ3v) is 3.49. The lowest BCUT2D eigenvalue weighted by molar-refractivity contribution is -0.136. The molecule has 1 heterocycles. The van der Waals surface area contributed by atoms with Crippen LogP contribution in [-0.4, -0.2) is 45.1 Å². The molecule has 0 saturated heterocycles. The Balaban J connectivity index is 2.20. The van der Waals surface area contributed by atoms with Crippen LogP contribution in [0.5, 0.6) is 5.75 Å². The van der Waals surface area contributed by atoms with Gasteiger partial charge in [0, 0.05) is 6.42 Å². The number of carboxylic acids is 1. The molecule has 0 bridgehead atoms. The van der Waals surface area contributed by atoms with Gasteiger partial charge in [-0.25, -0.2) is 4.79 Å². The molecule has 9 nitrogen and oxygen atoms in total. The number of ether oxygens (including phenoxy) is 2. The number of nitrogens with one attached hydrogen (secondary N) is 2. The van der Waals surface area contributed by atoms with Crippen LogP contribution in [0.1, 0.15) is 44.0 Å². The Morgan fingerprint density at radius 2 is 1.89 bits per heavy atom. The minimum atomic E-state index is -1.02. The van der Waals surface area contributed by atoms with Crippen molar-refractivity contribution in [2.75, 3.05) is 7.11 Å².